The van der Waals surface area contributed by atoms with Crippen LogP contribution in [0.5, 0.6) is 0 Å². The Morgan fingerprint density at radius 2 is 2.06 bits per heavy atom. The summed E-state index contributed by atoms with van der Waals surface area (Å²) in [7, 11) is 4.09. The third-order valence-electron chi connectivity index (χ3n) is 3.88. The van der Waals surface area contributed by atoms with Crippen molar-refractivity contribution in [1.29, 1.82) is 0 Å². The second-order valence-electron chi connectivity index (χ2n) is 5.42. The number of rotatable bonds is 5. The van der Waals surface area contributed by atoms with Crippen LogP contribution < -0.4 is 5.73 Å². The summed E-state index contributed by atoms with van der Waals surface area (Å²) in [6, 6.07) is 0.437. The van der Waals surface area contributed by atoms with Gasteiger partial charge in [-0.05, 0) is 51.9 Å². The first-order valence-corrected chi connectivity index (χ1v) is 6.68. The molecule has 1 rings (SSSR count). The zero-order valence-electron chi connectivity index (χ0n) is 11.5. The highest BCUT2D eigenvalue weighted by atomic mass is 16.2. The third-order valence-corrected chi connectivity index (χ3v) is 3.88. The van der Waals surface area contributed by atoms with Gasteiger partial charge in [0.1, 0.15) is 0 Å². The molecular formula is C13H27N3O. The predicted octanol–water partition coefficient (Wildman–Crippen LogP) is 0.914. The van der Waals surface area contributed by atoms with E-state index in [1.807, 2.05) is 11.9 Å². The highest BCUT2D eigenvalue weighted by molar-refractivity contribution is 5.76. The summed E-state index contributed by atoms with van der Waals surface area (Å²) in [6.07, 6.45) is 3.75. The number of nitrogens with zero attached hydrogens (tertiary/aromatic N) is 2. The van der Waals surface area contributed by atoms with Crippen molar-refractivity contribution in [3.8, 4) is 0 Å². The number of carbonyl (C=O) groups excluding carboxylic acids is 1. The number of likely N-dealkylation sites (tertiary alicyclic amines) is 1. The lowest BCUT2D eigenvalue weighted by atomic mass is 10.0. The SMILES string of the molecule is CC(CN)CCC(=O)N(C)C1CCN(C)CC1. The fourth-order valence-electron chi connectivity index (χ4n) is 2.25. The van der Waals surface area contributed by atoms with Gasteiger partial charge in [-0.25, -0.2) is 0 Å². The van der Waals surface area contributed by atoms with Gasteiger partial charge >= 0.3 is 0 Å². The van der Waals surface area contributed by atoms with Crippen LogP contribution in [-0.2, 0) is 4.79 Å². The average Bonchev–Trinajstić information content (AvgIpc) is 2.35. The molecule has 0 radical (unpaired) electrons. The molecule has 0 spiro atoms. The summed E-state index contributed by atoms with van der Waals surface area (Å²) >= 11 is 0. The van der Waals surface area contributed by atoms with E-state index in [9.17, 15) is 4.79 Å². The number of hydrogen-bond donors (Lipinski definition) is 1. The lowest BCUT2D eigenvalue weighted by molar-refractivity contribution is -0.133. The van der Waals surface area contributed by atoms with Gasteiger partial charge in [0, 0.05) is 19.5 Å². The highest BCUT2D eigenvalue weighted by Crippen LogP contribution is 2.16. The van der Waals surface area contributed by atoms with E-state index in [0.717, 1.165) is 32.4 Å². The molecule has 1 aliphatic heterocycles. The van der Waals surface area contributed by atoms with E-state index in [0.29, 0.717) is 24.9 Å². The maximum Gasteiger partial charge on any atom is 0.222 e. The van der Waals surface area contributed by atoms with Crippen molar-refractivity contribution in [3.05, 3.63) is 0 Å². The molecule has 0 aromatic rings. The van der Waals surface area contributed by atoms with Gasteiger partial charge in [-0.15, -0.1) is 0 Å². The Balaban J connectivity index is 2.31. The van der Waals surface area contributed by atoms with E-state index in [4.69, 9.17) is 5.73 Å². The topological polar surface area (TPSA) is 49.6 Å². The van der Waals surface area contributed by atoms with Crippen LogP contribution in [-0.4, -0.2) is 55.5 Å². The average molecular weight is 241 g/mol. The third kappa shape index (κ3) is 4.64. The molecular weight excluding hydrogens is 214 g/mol. The number of piperidine rings is 1. The van der Waals surface area contributed by atoms with Crippen molar-refractivity contribution in [1.82, 2.24) is 9.80 Å². The largest absolute Gasteiger partial charge is 0.343 e. The van der Waals surface area contributed by atoms with Crippen molar-refractivity contribution in [2.24, 2.45) is 11.7 Å². The summed E-state index contributed by atoms with van der Waals surface area (Å²) in [5, 5.41) is 0. The van der Waals surface area contributed by atoms with E-state index in [1.54, 1.807) is 0 Å². The van der Waals surface area contributed by atoms with Crippen LogP contribution in [0.15, 0.2) is 0 Å². The van der Waals surface area contributed by atoms with Gasteiger partial charge in [-0.1, -0.05) is 6.92 Å². The minimum atomic E-state index is 0.278. The van der Waals surface area contributed by atoms with Gasteiger partial charge in [0.15, 0.2) is 0 Å². The summed E-state index contributed by atoms with van der Waals surface area (Å²) in [6.45, 7) is 4.97. The zero-order valence-corrected chi connectivity index (χ0v) is 11.5. The lowest BCUT2D eigenvalue weighted by Gasteiger charge is -2.35. The standard InChI is InChI=1S/C13H27N3O/c1-11(10-14)4-5-13(17)16(3)12-6-8-15(2)9-7-12/h11-12H,4-10,14H2,1-3H3. The minimum Gasteiger partial charge on any atom is -0.343 e. The van der Waals surface area contributed by atoms with Crippen LogP contribution >= 0.6 is 0 Å². The Labute approximate surface area is 105 Å². The van der Waals surface area contributed by atoms with Crippen molar-refractivity contribution in [2.45, 2.75) is 38.6 Å². The maximum absolute atomic E-state index is 12.0. The van der Waals surface area contributed by atoms with Crippen LogP contribution in [0.2, 0.25) is 0 Å². The van der Waals surface area contributed by atoms with Crippen molar-refractivity contribution >= 4 is 5.91 Å². The molecule has 1 unspecified atom stereocenters. The molecule has 1 fully saturated rings. The number of nitrogens with two attached hydrogens (primary N) is 1. The summed E-state index contributed by atoms with van der Waals surface area (Å²) in [5.41, 5.74) is 5.56. The molecule has 4 nitrogen and oxygen atoms in total. The second kappa shape index (κ2) is 6.97. The quantitative estimate of drug-likeness (QED) is 0.778. The Kier molecular flexibility index (Phi) is 5.92. The molecule has 100 valence electrons. The molecule has 1 heterocycles. The molecule has 1 aliphatic rings. The van der Waals surface area contributed by atoms with E-state index in [2.05, 4.69) is 18.9 Å². The summed E-state index contributed by atoms with van der Waals surface area (Å²) < 4.78 is 0. The Bertz CT molecular complexity index is 237. The van der Waals surface area contributed by atoms with E-state index >= 15 is 0 Å². The van der Waals surface area contributed by atoms with Crippen LogP contribution in [0.3, 0.4) is 0 Å². The fraction of sp³-hybridized carbons (Fsp3) is 0.923. The Morgan fingerprint density at radius 1 is 1.47 bits per heavy atom. The van der Waals surface area contributed by atoms with Gasteiger partial charge in [0.05, 0.1) is 0 Å². The lowest BCUT2D eigenvalue weighted by Crippen LogP contribution is -2.44. The maximum atomic E-state index is 12.0. The second-order valence-corrected chi connectivity index (χ2v) is 5.42. The molecule has 0 aliphatic carbocycles. The predicted molar refractivity (Wildman–Crippen MR) is 70.7 cm³/mol. The zero-order chi connectivity index (χ0) is 12.8. The number of amides is 1. The molecule has 0 aromatic carbocycles. The van der Waals surface area contributed by atoms with Gasteiger partial charge in [0.2, 0.25) is 5.91 Å². The van der Waals surface area contributed by atoms with Crippen LogP contribution in [0.25, 0.3) is 0 Å². The van der Waals surface area contributed by atoms with Gasteiger partial charge in [-0.2, -0.15) is 0 Å². The van der Waals surface area contributed by atoms with Gasteiger partial charge < -0.3 is 15.5 Å². The van der Waals surface area contributed by atoms with Crippen molar-refractivity contribution in [3.63, 3.8) is 0 Å². The monoisotopic (exact) mass is 241 g/mol. The number of hydrogen-bond acceptors (Lipinski definition) is 3. The van der Waals surface area contributed by atoms with Crippen LogP contribution in [0.1, 0.15) is 32.6 Å². The van der Waals surface area contributed by atoms with Crippen molar-refractivity contribution in [2.75, 3.05) is 33.7 Å². The molecule has 4 heteroatoms. The van der Waals surface area contributed by atoms with E-state index in [-0.39, 0.29) is 5.91 Å². The normalized spacial score (nSPS) is 20.2. The van der Waals surface area contributed by atoms with Crippen LogP contribution in [0.4, 0.5) is 0 Å². The minimum absolute atomic E-state index is 0.278. The first-order valence-electron chi connectivity index (χ1n) is 6.68. The van der Waals surface area contributed by atoms with E-state index < -0.39 is 0 Å². The van der Waals surface area contributed by atoms with Gasteiger partial charge in [-0.3, -0.25) is 4.79 Å². The smallest absolute Gasteiger partial charge is 0.222 e. The summed E-state index contributed by atoms with van der Waals surface area (Å²) in [5.74, 6) is 0.727. The molecule has 1 amide bonds. The molecule has 0 bridgehead atoms. The van der Waals surface area contributed by atoms with Gasteiger partial charge in [0.25, 0.3) is 0 Å². The molecule has 17 heavy (non-hydrogen) atoms. The molecule has 1 atom stereocenters. The Hall–Kier alpha value is -0.610. The van der Waals surface area contributed by atoms with Crippen molar-refractivity contribution < 1.29 is 4.79 Å². The molecule has 1 saturated heterocycles. The first kappa shape index (κ1) is 14.5. The fourth-order valence-corrected chi connectivity index (χ4v) is 2.25. The van der Waals surface area contributed by atoms with Crippen LogP contribution in [0, 0.1) is 5.92 Å². The number of carbonyl (C=O) groups is 1. The van der Waals surface area contributed by atoms with E-state index in [1.165, 1.54) is 0 Å². The highest BCUT2D eigenvalue weighted by Gasteiger charge is 2.23. The molecule has 0 aromatic heterocycles. The Morgan fingerprint density at radius 3 is 2.59 bits per heavy atom. The first-order chi connectivity index (χ1) is 8.04. The molecule has 2 N–H and O–H groups in total. The summed E-state index contributed by atoms with van der Waals surface area (Å²) in [4.78, 5) is 16.3. The molecule has 0 saturated carbocycles.